The predicted octanol–water partition coefficient (Wildman–Crippen LogP) is 0.951. The van der Waals surface area contributed by atoms with Crippen LogP contribution in [0.15, 0.2) is 30.5 Å². The third-order valence-electron chi connectivity index (χ3n) is 7.79. The number of nitrogens with zero attached hydrogens (tertiary/aromatic N) is 1. The minimum absolute atomic E-state index is 0.0337. The molecule has 1 aromatic heterocycles. The SMILES string of the molecule is CCc1ccnc(-c2ccc(O)c3c2C[C@H]2C[C@H]4CC(=O)C(C(N)=O)C(=O)[C@@]4(O)C(=O)C2C3=O)c1. The number of hydrogen-bond donors (Lipinski definition) is 3. The van der Waals surface area contributed by atoms with Crippen LogP contribution in [0.25, 0.3) is 11.3 Å². The Bertz CT molecular complexity index is 1330. The zero-order chi connectivity index (χ0) is 25.2. The maximum Gasteiger partial charge on any atom is 0.235 e. The number of aryl methyl sites for hydroxylation is 1. The van der Waals surface area contributed by atoms with Crippen LogP contribution in [0, 0.1) is 23.7 Å². The van der Waals surface area contributed by atoms with Gasteiger partial charge >= 0.3 is 0 Å². The van der Waals surface area contributed by atoms with E-state index in [4.69, 9.17) is 5.73 Å². The summed E-state index contributed by atoms with van der Waals surface area (Å²) >= 11 is 0. The van der Waals surface area contributed by atoms with Crippen molar-refractivity contribution in [3.05, 3.63) is 47.2 Å². The number of ketones is 4. The Hall–Kier alpha value is -3.72. The third-order valence-corrected chi connectivity index (χ3v) is 7.79. The van der Waals surface area contributed by atoms with Gasteiger partial charge < -0.3 is 15.9 Å². The van der Waals surface area contributed by atoms with E-state index in [1.54, 1.807) is 12.3 Å². The number of phenolic OH excluding ortho intramolecular Hbond substituents is 1. The first kappa shape index (κ1) is 23.0. The van der Waals surface area contributed by atoms with Gasteiger partial charge in [0, 0.05) is 24.1 Å². The van der Waals surface area contributed by atoms with E-state index < -0.39 is 58.3 Å². The van der Waals surface area contributed by atoms with Crippen molar-refractivity contribution < 1.29 is 34.2 Å². The third kappa shape index (κ3) is 3.18. The van der Waals surface area contributed by atoms with Crippen molar-refractivity contribution in [2.24, 2.45) is 29.4 Å². The van der Waals surface area contributed by atoms with Gasteiger partial charge in [0.15, 0.2) is 34.7 Å². The fraction of sp³-hybridized carbons (Fsp3) is 0.385. The number of aromatic hydroxyl groups is 1. The Morgan fingerprint density at radius 2 is 1.89 bits per heavy atom. The molecule has 1 aromatic carbocycles. The van der Waals surface area contributed by atoms with Crippen LogP contribution in [0.2, 0.25) is 0 Å². The number of nitrogens with two attached hydrogens (primary N) is 1. The molecule has 180 valence electrons. The van der Waals surface area contributed by atoms with Gasteiger partial charge in [-0.2, -0.15) is 0 Å². The van der Waals surface area contributed by atoms with Crippen LogP contribution in [0.4, 0.5) is 0 Å². The lowest BCUT2D eigenvalue weighted by molar-refractivity contribution is -0.175. The smallest absolute Gasteiger partial charge is 0.235 e. The van der Waals surface area contributed by atoms with E-state index in [0.717, 1.165) is 12.0 Å². The number of Topliss-reactive ketones (excluding diaryl/α,β-unsaturated/α-hetero) is 4. The van der Waals surface area contributed by atoms with E-state index in [1.807, 2.05) is 19.1 Å². The molecule has 35 heavy (non-hydrogen) atoms. The molecule has 5 atom stereocenters. The van der Waals surface area contributed by atoms with Crippen LogP contribution in [0.1, 0.15) is 41.3 Å². The topological polar surface area (TPSA) is 165 Å². The van der Waals surface area contributed by atoms with E-state index in [2.05, 4.69) is 4.98 Å². The van der Waals surface area contributed by atoms with Crippen LogP contribution in [-0.2, 0) is 32.0 Å². The van der Waals surface area contributed by atoms with Gasteiger partial charge in [-0.05, 0) is 60.6 Å². The van der Waals surface area contributed by atoms with Gasteiger partial charge in [0.1, 0.15) is 5.75 Å². The molecule has 4 N–H and O–H groups in total. The van der Waals surface area contributed by atoms with Gasteiger partial charge in [-0.15, -0.1) is 0 Å². The number of carbonyl (C=O) groups excluding carboxylic acids is 5. The molecule has 2 saturated carbocycles. The van der Waals surface area contributed by atoms with E-state index in [0.29, 0.717) is 16.8 Å². The molecule has 5 rings (SSSR count). The quantitative estimate of drug-likeness (QED) is 0.551. The number of aromatic nitrogens is 1. The highest BCUT2D eigenvalue weighted by Crippen LogP contribution is 2.51. The van der Waals surface area contributed by atoms with Crippen LogP contribution in [-0.4, -0.2) is 49.8 Å². The number of hydrogen-bond acceptors (Lipinski definition) is 8. The lowest BCUT2D eigenvalue weighted by Gasteiger charge is -2.48. The van der Waals surface area contributed by atoms with Crippen molar-refractivity contribution in [1.29, 1.82) is 0 Å². The molecular formula is C26H24N2O7. The number of aliphatic hydroxyl groups is 1. The number of fused-ring (bicyclic) bond motifs is 3. The first-order chi connectivity index (χ1) is 16.6. The molecule has 3 aliphatic rings. The number of amides is 1. The Kier molecular flexibility index (Phi) is 5.21. The molecule has 0 bridgehead atoms. The van der Waals surface area contributed by atoms with Crippen LogP contribution in [0.3, 0.4) is 0 Å². The highest BCUT2D eigenvalue weighted by Gasteiger charge is 2.66. The molecule has 3 aliphatic carbocycles. The Balaban J connectivity index is 1.61. The second-order valence-electron chi connectivity index (χ2n) is 9.63. The van der Waals surface area contributed by atoms with Gasteiger partial charge in [-0.3, -0.25) is 29.0 Å². The fourth-order valence-corrected chi connectivity index (χ4v) is 6.05. The minimum atomic E-state index is -2.65. The number of primary amides is 1. The summed E-state index contributed by atoms with van der Waals surface area (Å²) in [6.45, 7) is 2.00. The fourth-order valence-electron chi connectivity index (χ4n) is 6.05. The van der Waals surface area contributed by atoms with Gasteiger partial charge in [0.05, 0.1) is 17.2 Å². The average molecular weight is 476 g/mol. The molecule has 0 aliphatic heterocycles. The summed E-state index contributed by atoms with van der Waals surface area (Å²) in [7, 11) is 0. The van der Waals surface area contributed by atoms with Gasteiger partial charge in [0.2, 0.25) is 5.91 Å². The Morgan fingerprint density at radius 3 is 2.57 bits per heavy atom. The highest BCUT2D eigenvalue weighted by atomic mass is 16.3. The Labute approximate surface area is 200 Å². The molecule has 9 heteroatoms. The number of pyridine rings is 1. The summed E-state index contributed by atoms with van der Waals surface area (Å²) in [5.41, 5.74) is 5.37. The summed E-state index contributed by atoms with van der Waals surface area (Å²) < 4.78 is 0. The highest BCUT2D eigenvalue weighted by molar-refractivity contribution is 6.31. The molecule has 1 amide bonds. The van der Waals surface area contributed by atoms with Gasteiger partial charge in [-0.25, -0.2) is 0 Å². The van der Waals surface area contributed by atoms with Crippen LogP contribution >= 0.6 is 0 Å². The van der Waals surface area contributed by atoms with Crippen molar-refractivity contribution in [2.45, 2.75) is 38.2 Å². The number of rotatable bonds is 3. The maximum atomic E-state index is 13.6. The molecule has 0 radical (unpaired) electrons. The lowest BCUT2D eigenvalue weighted by atomic mass is 9.53. The summed E-state index contributed by atoms with van der Waals surface area (Å²) in [5.74, 6) is -10.2. The largest absolute Gasteiger partial charge is 0.507 e. The normalized spacial score (nSPS) is 29.9. The van der Waals surface area contributed by atoms with Gasteiger partial charge in [-0.1, -0.05) is 6.92 Å². The molecule has 2 unspecified atom stereocenters. The second-order valence-corrected chi connectivity index (χ2v) is 9.63. The van der Waals surface area contributed by atoms with E-state index in [1.165, 1.54) is 6.07 Å². The number of carbonyl (C=O) groups is 5. The van der Waals surface area contributed by atoms with E-state index in [-0.39, 0.29) is 30.6 Å². The van der Waals surface area contributed by atoms with Crippen molar-refractivity contribution in [3.63, 3.8) is 0 Å². The zero-order valence-corrected chi connectivity index (χ0v) is 19.0. The summed E-state index contributed by atoms with van der Waals surface area (Å²) in [6, 6.07) is 6.83. The van der Waals surface area contributed by atoms with Crippen LogP contribution in [0.5, 0.6) is 5.75 Å². The van der Waals surface area contributed by atoms with E-state index >= 15 is 0 Å². The van der Waals surface area contributed by atoms with Crippen LogP contribution < -0.4 is 5.73 Å². The predicted molar refractivity (Wildman–Crippen MR) is 121 cm³/mol. The van der Waals surface area contributed by atoms with Crippen molar-refractivity contribution in [2.75, 3.05) is 0 Å². The lowest BCUT2D eigenvalue weighted by Crippen LogP contribution is -2.68. The standard InChI is InChI=1S/C26H24N2O7/c1-2-11-5-6-28-16(7-11)14-3-4-17(29)20-15(14)9-12-8-13-10-18(30)21(25(27)34)24(33)26(13,35)23(32)19(12)22(20)31/h3-7,12-13,19,21,29,35H,2,8-10H2,1H3,(H2,27,34)/t12-,13+,19?,21?,26+/m1/s1. The molecule has 9 nitrogen and oxygen atoms in total. The molecule has 0 saturated heterocycles. The molecule has 2 aromatic rings. The summed E-state index contributed by atoms with van der Waals surface area (Å²) in [4.78, 5) is 68.7. The summed E-state index contributed by atoms with van der Waals surface area (Å²) in [5, 5.41) is 21.8. The second kappa shape index (κ2) is 7.91. The summed E-state index contributed by atoms with van der Waals surface area (Å²) in [6.07, 6.45) is 2.35. The van der Waals surface area contributed by atoms with E-state index in [9.17, 15) is 34.2 Å². The van der Waals surface area contributed by atoms with Crippen molar-refractivity contribution >= 4 is 29.0 Å². The molecular weight excluding hydrogens is 452 g/mol. The maximum absolute atomic E-state index is 13.6. The molecule has 0 spiro atoms. The molecule has 2 fully saturated rings. The van der Waals surface area contributed by atoms with Gasteiger partial charge in [0.25, 0.3) is 0 Å². The zero-order valence-electron chi connectivity index (χ0n) is 19.0. The monoisotopic (exact) mass is 476 g/mol. The first-order valence-corrected chi connectivity index (χ1v) is 11.6. The van der Waals surface area contributed by atoms with Crippen molar-refractivity contribution in [1.82, 2.24) is 4.98 Å². The molecule has 1 heterocycles. The van der Waals surface area contributed by atoms with Crippen molar-refractivity contribution in [3.8, 4) is 17.0 Å². The number of benzene rings is 1. The minimum Gasteiger partial charge on any atom is -0.507 e. The first-order valence-electron chi connectivity index (χ1n) is 11.6. The average Bonchev–Trinajstić information content (AvgIpc) is 2.81. The Morgan fingerprint density at radius 1 is 1.14 bits per heavy atom. The number of phenols is 1.